The quantitative estimate of drug-likeness (QED) is 0.816. The zero-order valence-electron chi connectivity index (χ0n) is 8.47. The summed E-state index contributed by atoms with van der Waals surface area (Å²) in [6, 6.07) is 7.94. The fourth-order valence-electron chi connectivity index (χ4n) is 1.32. The Morgan fingerprint density at radius 3 is 2.93 bits per heavy atom. The van der Waals surface area contributed by atoms with E-state index in [9.17, 15) is 0 Å². The highest BCUT2D eigenvalue weighted by Crippen LogP contribution is 2.18. The smallest absolute Gasteiger partial charge is 0.211 e. The van der Waals surface area contributed by atoms with Gasteiger partial charge in [-0.3, -0.25) is 0 Å². The lowest BCUT2D eigenvalue weighted by molar-refractivity contribution is 0.293. The van der Waals surface area contributed by atoms with Crippen LogP contribution in [0.5, 0.6) is 5.75 Å². The van der Waals surface area contributed by atoms with Crippen molar-refractivity contribution in [3.05, 3.63) is 35.7 Å². The van der Waals surface area contributed by atoms with Gasteiger partial charge in [-0.15, -0.1) is 10.2 Å². The molecule has 5 heteroatoms. The number of hydrogen-bond acceptors (Lipinski definition) is 4. The van der Waals surface area contributed by atoms with Crippen molar-refractivity contribution in [3.8, 4) is 5.75 Å². The van der Waals surface area contributed by atoms with Crippen molar-refractivity contribution in [3.63, 3.8) is 0 Å². The first-order valence-corrected chi connectivity index (χ1v) is 4.83. The van der Waals surface area contributed by atoms with Gasteiger partial charge in [0.25, 0.3) is 0 Å². The molecule has 1 aromatic carbocycles. The van der Waals surface area contributed by atoms with Crippen molar-refractivity contribution in [2.75, 3.05) is 0 Å². The molecule has 78 valence electrons. The van der Waals surface area contributed by atoms with Gasteiger partial charge in [-0.1, -0.05) is 30.3 Å². The Hall–Kier alpha value is -1.91. The Bertz CT molecular complexity index is 413. The summed E-state index contributed by atoms with van der Waals surface area (Å²) in [6.45, 7) is 2.43. The summed E-state index contributed by atoms with van der Waals surface area (Å²) in [5.41, 5.74) is 1.18. The van der Waals surface area contributed by atoms with Gasteiger partial charge in [0.05, 0.1) is 0 Å². The van der Waals surface area contributed by atoms with E-state index >= 15 is 0 Å². The van der Waals surface area contributed by atoms with Gasteiger partial charge in [0, 0.05) is 0 Å². The molecule has 0 saturated heterocycles. The van der Waals surface area contributed by atoms with Gasteiger partial charge in [-0.25, -0.2) is 0 Å². The van der Waals surface area contributed by atoms with Crippen molar-refractivity contribution in [1.29, 1.82) is 0 Å². The van der Waals surface area contributed by atoms with E-state index in [4.69, 9.17) is 4.74 Å². The number of nitrogens with zero attached hydrogens (tertiary/aromatic N) is 3. The van der Waals surface area contributed by atoms with Crippen molar-refractivity contribution >= 4 is 0 Å². The predicted molar refractivity (Wildman–Crippen MR) is 54.3 cm³/mol. The van der Waals surface area contributed by atoms with Crippen molar-refractivity contribution in [1.82, 2.24) is 20.6 Å². The molecular formula is C10H12N4O. The molecule has 0 amide bonds. The molecule has 5 nitrogen and oxygen atoms in total. The largest absolute Gasteiger partial charge is 0.485 e. The third kappa shape index (κ3) is 2.31. The molecule has 0 spiro atoms. The van der Waals surface area contributed by atoms with Gasteiger partial charge < -0.3 is 4.74 Å². The second-order valence-corrected chi connectivity index (χ2v) is 3.08. The number of nitrogens with one attached hydrogen (secondary N) is 1. The van der Waals surface area contributed by atoms with Crippen LogP contribution in [0.25, 0.3) is 0 Å². The Labute approximate surface area is 87.5 Å². The number of ether oxygens (including phenoxy) is 1. The molecule has 0 fully saturated rings. The second-order valence-electron chi connectivity index (χ2n) is 3.08. The molecule has 0 bridgehead atoms. The molecule has 2 rings (SSSR count). The predicted octanol–water partition coefficient (Wildman–Crippen LogP) is 1.34. The maximum Gasteiger partial charge on any atom is 0.211 e. The monoisotopic (exact) mass is 204 g/mol. The molecule has 1 heterocycles. The zero-order chi connectivity index (χ0) is 10.5. The maximum atomic E-state index is 5.59. The molecule has 0 aliphatic rings. The van der Waals surface area contributed by atoms with Gasteiger partial charge >= 0.3 is 0 Å². The Kier molecular flexibility index (Phi) is 2.92. The van der Waals surface area contributed by atoms with Crippen LogP contribution in [0.2, 0.25) is 0 Å². The molecule has 0 radical (unpaired) electrons. The number of aryl methyl sites for hydroxylation is 1. The highest BCUT2D eigenvalue weighted by Gasteiger charge is 2.03. The first-order valence-electron chi connectivity index (χ1n) is 4.83. The van der Waals surface area contributed by atoms with Crippen LogP contribution in [-0.4, -0.2) is 20.6 Å². The molecular weight excluding hydrogens is 192 g/mol. The van der Waals surface area contributed by atoms with Crippen LogP contribution in [0, 0.1) is 0 Å². The van der Waals surface area contributed by atoms with E-state index in [0.717, 1.165) is 12.2 Å². The number of aromatic nitrogens is 4. The van der Waals surface area contributed by atoms with Crippen molar-refractivity contribution in [2.24, 2.45) is 0 Å². The fraction of sp³-hybridized carbons (Fsp3) is 0.300. The minimum Gasteiger partial charge on any atom is -0.485 e. The fourth-order valence-corrected chi connectivity index (χ4v) is 1.32. The number of aromatic amines is 1. The maximum absolute atomic E-state index is 5.59. The van der Waals surface area contributed by atoms with Crippen LogP contribution in [0.4, 0.5) is 0 Å². The molecule has 15 heavy (non-hydrogen) atoms. The number of para-hydroxylation sites is 1. The van der Waals surface area contributed by atoms with Crippen LogP contribution in [-0.2, 0) is 13.0 Å². The lowest BCUT2D eigenvalue weighted by Crippen LogP contribution is -1.99. The van der Waals surface area contributed by atoms with Crippen LogP contribution in [0.3, 0.4) is 0 Å². The molecule has 1 N–H and O–H groups in total. The van der Waals surface area contributed by atoms with Crippen molar-refractivity contribution < 1.29 is 4.74 Å². The van der Waals surface area contributed by atoms with Gasteiger partial charge in [0.2, 0.25) is 5.82 Å². The summed E-state index contributed by atoms with van der Waals surface area (Å²) >= 11 is 0. The highest BCUT2D eigenvalue weighted by atomic mass is 16.5. The molecule has 0 atom stereocenters. The normalized spacial score (nSPS) is 10.2. The SMILES string of the molecule is CCc1ccccc1OCc1nn[nH]n1. The van der Waals surface area contributed by atoms with Crippen LogP contribution < -0.4 is 4.74 Å². The summed E-state index contributed by atoms with van der Waals surface area (Å²) in [5.74, 6) is 1.44. The summed E-state index contributed by atoms with van der Waals surface area (Å²) in [6.07, 6.45) is 0.947. The third-order valence-electron chi connectivity index (χ3n) is 2.10. The van der Waals surface area contributed by atoms with Gasteiger partial charge in [-0.05, 0) is 18.1 Å². The summed E-state index contributed by atoms with van der Waals surface area (Å²) < 4.78 is 5.59. The summed E-state index contributed by atoms with van der Waals surface area (Å²) in [7, 11) is 0. The summed E-state index contributed by atoms with van der Waals surface area (Å²) in [4.78, 5) is 0. The van der Waals surface area contributed by atoms with E-state index in [1.54, 1.807) is 0 Å². The first-order chi connectivity index (χ1) is 7.40. The van der Waals surface area contributed by atoms with Gasteiger partial charge in [0.15, 0.2) is 6.61 Å². The van der Waals surface area contributed by atoms with Crippen molar-refractivity contribution in [2.45, 2.75) is 20.0 Å². The van der Waals surface area contributed by atoms with E-state index < -0.39 is 0 Å². The Morgan fingerprint density at radius 1 is 1.33 bits per heavy atom. The Morgan fingerprint density at radius 2 is 2.20 bits per heavy atom. The standard InChI is InChI=1S/C10H12N4O/c1-2-8-5-3-4-6-9(8)15-7-10-11-13-14-12-10/h3-6H,2,7H2,1H3,(H,11,12,13,14). The number of rotatable bonds is 4. The van der Waals surface area contributed by atoms with Gasteiger partial charge in [0.1, 0.15) is 5.75 Å². The lowest BCUT2D eigenvalue weighted by atomic mass is 10.1. The molecule has 1 aromatic heterocycles. The topological polar surface area (TPSA) is 63.7 Å². The number of H-pyrrole nitrogens is 1. The third-order valence-corrected chi connectivity index (χ3v) is 2.10. The van der Waals surface area contributed by atoms with Crippen LogP contribution >= 0.6 is 0 Å². The van der Waals surface area contributed by atoms with E-state index in [-0.39, 0.29) is 0 Å². The van der Waals surface area contributed by atoms with Crippen LogP contribution in [0.1, 0.15) is 18.3 Å². The molecule has 0 saturated carbocycles. The number of tetrazole rings is 1. The molecule has 0 aliphatic heterocycles. The van der Waals surface area contributed by atoms with Gasteiger partial charge in [-0.2, -0.15) is 5.21 Å². The molecule has 0 unspecified atom stereocenters. The second kappa shape index (κ2) is 4.54. The van der Waals surface area contributed by atoms with E-state index in [0.29, 0.717) is 12.4 Å². The zero-order valence-corrected chi connectivity index (χ0v) is 8.47. The number of hydrogen-bond donors (Lipinski definition) is 1. The average molecular weight is 204 g/mol. The molecule has 2 aromatic rings. The average Bonchev–Trinajstić information content (AvgIpc) is 2.79. The first kappa shape index (κ1) is 9.64. The van der Waals surface area contributed by atoms with E-state index in [1.807, 2.05) is 24.3 Å². The summed E-state index contributed by atoms with van der Waals surface area (Å²) in [5, 5.41) is 13.5. The van der Waals surface area contributed by atoms with Crippen LogP contribution in [0.15, 0.2) is 24.3 Å². The highest BCUT2D eigenvalue weighted by molar-refractivity contribution is 5.33. The molecule has 0 aliphatic carbocycles. The minimum atomic E-state index is 0.341. The lowest BCUT2D eigenvalue weighted by Gasteiger charge is -2.07. The Balaban J connectivity index is 2.04. The van der Waals surface area contributed by atoms with E-state index in [1.165, 1.54) is 5.56 Å². The minimum absolute atomic E-state index is 0.341. The number of benzene rings is 1. The van der Waals surface area contributed by atoms with E-state index in [2.05, 4.69) is 27.5 Å².